The maximum atomic E-state index is 13.8. The van der Waals surface area contributed by atoms with Gasteiger partial charge < -0.3 is 10.4 Å². The normalized spacial score (nSPS) is 14.0. The zero-order valence-corrected chi connectivity index (χ0v) is 12.8. The Hall–Kier alpha value is -2.02. The van der Waals surface area contributed by atoms with Crippen LogP contribution in [0.25, 0.3) is 0 Å². The van der Waals surface area contributed by atoms with Gasteiger partial charge in [0.25, 0.3) is 0 Å². The number of anilines is 2. The largest absolute Gasteiger partial charge is 0.478 e. The summed E-state index contributed by atoms with van der Waals surface area (Å²) >= 11 is 2.99. The van der Waals surface area contributed by atoms with E-state index in [-0.39, 0.29) is 15.9 Å². The van der Waals surface area contributed by atoms with Gasteiger partial charge in [-0.25, -0.2) is 18.6 Å². The fourth-order valence-corrected chi connectivity index (χ4v) is 2.57. The topological polar surface area (TPSA) is 62.2 Å². The zero-order valence-electron chi connectivity index (χ0n) is 11.2. The summed E-state index contributed by atoms with van der Waals surface area (Å²) in [6.45, 7) is 0. The molecule has 0 unspecified atom stereocenters. The average Bonchev–Trinajstić information content (AvgIpc) is 3.27. The number of halogens is 3. The summed E-state index contributed by atoms with van der Waals surface area (Å²) in [6.07, 6.45) is 3.55. The van der Waals surface area contributed by atoms with Crippen LogP contribution < -0.4 is 5.32 Å². The first-order valence-corrected chi connectivity index (χ1v) is 7.40. The maximum Gasteiger partial charge on any atom is 0.339 e. The van der Waals surface area contributed by atoms with Gasteiger partial charge in [-0.15, -0.1) is 0 Å². The molecular weight excluding hydrogens is 358 g/mol. The van der Waals surface area contributed by atoms with Crippen LogP contribution in [0.4, 0.5) is 20.3 Å². The van der Waals surface area contributed by atoms with E-state index in [1.165, 1.54) is 6.07 Å². The fraction of sp³-hybridized carbons (Fsp3) is 0.200. The first-order chi connectivity index (χ1) is 10.5. The van der Waals surface area contributed by atoms with Gasteiger partial charge in [0.05, 0.1) is 0 Å². The molecule has 2 aromatic rings. The highest BCUT2D eigenvalue weighted by molar-refractivity contribution is 9.10. The van der Waals surface area contributed by atoms with E-state index in [1.54, 1.807) is 6.20 Å². The minimum Gasteiger partial charge on any atom is -0.478 e. The standard InChI is InChI=1S/C15H11BrF2N2O2/c16-9-4-11(17)13(12(18)5-9)20-14-10(15(21)22)3-8(6-19-14)7-1-2-7/h3-7H,1-2H2,(H,19,20)(H,21,22). The van der Waals surface area contributed by atoms with Crippen molar-refractivity contribution in [2.24, 2.45) is 0 Å². The van der Waals surface area contributed by atoms with Gasteiger partial charge in [-0.3, -0.25) is 0 Å². The molecule has 0 amide bonds. The average molecular weight is 369 g/mol. The van der Waals surface area contributed by atoms with Crippen molar-refractivity contribution in [2.45, 2.75) is 18.8 Å². The Kier molecular flexibility index (Phi) is 3.82. The predicted molar refractivity (Wildman–Crippen MR) is 80.5 cm³/mol. The molecule has 1 fully saturated rings. The lowest BCUT2D eigenvalue weighted by Gasteiger charge is -2.12. The number of nitrogens with one attached hydrogen (secondary N) is 1. The fourth-order valence-electron chi connectivity index (χ4n) is 2.16. The molecule has 2 N–H and O–H groups in total. The van der Waals surface area contributed by atoms with Gasteiger partial charge in [-0.2, -0.15) is 0 Å². The molecule has 1 aromatic carbocycles. The maximum absolute atomic E-state index is 13.8. The number of carbonyl (C=O) groups is 1. The van der Waals surface area contributed by atoms with Crippen molar-refractivity contribution in [3.05, 3.63) is 51.6 Å². The monoisotopic (exact) mass is 368 g/mol. The molecule has 1 aliphatic rings. The van der Waals surface area contributed by atoms with E-state index >= 15 is 0 Å². The van der Waals surface area contributed by atoms with E-state index in [9.17, 15) is 18.7 Å². The molecule has 0 atom stereocenters. The highest BCUT2D eigenvalue weighted by Gasteiger charge is 2.26. The molecule has 0 saturated heterocycles. The number of carboxylic acid groups (broad SMARTS) is 1. The summed E-state index contributed by atoms with van der Waals surface area (Å²) in [5, 5.41) is 11.7. The molecule has 22 heavy (non-hydrogen) atoms. The molecule has 1 aliphatic carbocycles. The molecule has 3 rings (SSSR count). The number of rotatable bonds is 4. The number of nitrogens with zero attached hydrogens (tertiary/aromatic N) is 1. The van der Waals surface area contributed by atoms with Gasteiger partial charge in [-0.05, 0) is 42.5 Å². The van der Waals surface area contributed by atoms with Crippen LogP contribution in [0.15, 0.2) is 28.9 Å². The second-order valence-electron chi connectivity index (χ2n) is 5.11. The Balaban J connectivity index is 2.00. The minimum atomic E-state index is -1.20. The molecule has 0 aliphatic heterocycles. The summed E-state index contributed by atoms with van der Waals surface area (Å²) in [5.74, 6) is -2.62. The van der Waals surface area contributed by atoms with Crippen LogP contribution in [-0.4, -0.2) is 16.1 Å². The zero-order chi connectivity index (χ0) is 15.9. The van der Waals surface area contributed by atoms with Crippen LogP contribution in [0.2, 0.25) is 0 Å². The quantitative estimate of drug-likeness (QED) is 0.837. The molecule has 4 nitrogen and oxygen atoms in total. The number of benzene rings is 1. The van der Waals surface area contributed by atoms with Crippen LogP contribution in [0, 0.1) is 11.6 Å². The van der Waals surface area contributed by atoms with E-state index in [0.29, 0.717) is 5.92 Å². The second kappa shape index (κ2) is 5.64. The highest BCUT2D eigenvalue weighted by Crippen LogP contribution is 2.40. The van der Waals surface area contributed by atoms with Gasteiger partial charge in [0, 0.05) is 10.7 Å². The molecule has 7 heteroatoms. The van der Waals surface area contributed by atoms with Gasteiger partial charge in [-0.1, -0.05) is 15.9 Å². The number of hydrogen-bond acceptors (Lipinski definition) is 3. The summed E-state index contributed by atoms with van der Waals surface area (Å²) in [5.41, 5.74) is 0.295. The first kappa shape index (κ1) is 14.9. The van der Waals surface area contributed by atoms with E-state index in [2.05, 4.69) is 26.2 Å². The van der Waals surface area contributed by atoms with Crippen LogP contribution in [0.5, 0.6) is 0 Å². The lowest BCUT2D eigenvalue weighted by Crippen LogP contribution is -2.08. The molecule has 0 bridgehead atoms. The number of aromatic nitrogens is 1. The molecule has 1 heterocycles. The summed E-state index contributed by atoms with van der Waals surface area (Å²) < 4.78 is 27.9. The third kappa shape index (κ3) is 2.94. The Bertz CT molecular complexity index is 740. The van der Waals surface area contributed by atoms with Crippen molar-refractivity contribution in [2.75, 3.05) is 5.32 Å². The molecule has 0 spiro atoms. The van der Waals surface area contributed by atoms with E-state index in [0.717, 1.165) is 30.5 Å². The molecule has 1 aromatic heterocycles. The van der Waals surface area contributed by atoms with Crippen molar-refractivity contribution in [3.63, 3.8) is 0 Å². The molecular formula is C15H11BrF2N2O2. The van der Waals surface area contributed by atoms with Crippen molar-refractivity contribution >= 4 is 33.4 Å². The molecule has 114 valence electrons. The Morgan fingerprint density at radius 2 is 1.91 bits per heavy atom. The predicted octanol–water partition coefficient (Wildman–Crippen LogP) is 4.44. The van der Waals surface area contributed by atoms with Gasteiger partial charge >= 0.3 is 5.97 Å². The van der Waals surface area contributed by atoms with Gasteiger partial charge in [0.15, 0.2) is 11.6 Å². The Morgan fingerprint density at radius 3 is 2.45 bits per heavy atom. The first-order valence-electron chi connectivity index (χ1n) is 6.60. The van der Waals surface area contributed by atoms with Crippen molar-refractivity contribution in [1.29, 1.82) is 0 Å². The summed E-state index contributed by atoms with van der Waals surface area (Å²) in [6, 6.07) is 3.68. The van der Waals surface area contributed by atoms with Crippen LogP contribution in [0.1, 0.15) is 34.7 Å². The molecule has 1 saturated carbocycles. The third-order valence-corrected chi connectivity index (χ3v) is 3.90. The Labute approximate surface area is 133 Å². The van der Waals surface area contributed by atoms with Crippen LogP contribution >= 0.6 is 15.9 Å². The Morgan fingerprint density at radius 1 is 1.27 bits per heavy atom. The van der Waals surface area contributed by atoms with E-state index < -0.39 is 23.3 Å². The summed E-state index contributed by atoms with van der Waals surface area (Å²) in [4.78, 5) is 15.4. The third-order valence-electron chi connectivity index (χ3n) is 3.44. The number of carboxylic acids is 1. The SMILES string of the molecule is O=C(O)c1cc(C2CC2)cnc1Nc1c(F)cc(Br)cc1F. The lowest BCUT2D eigenvalue weighted by molar-refractivity contribution is 0.0697. The highest BCUT2D eigenvalue weighted by atomic mass is 79.9. The number of hydrogen-bond donors (Lipinski definition) is 2. The lowest BCUT2D eigenvalue weighted by atomic mass is 10.1. The summed E-state index contributed by atoms with van der Waals surface area (Å²) in [7, 11) is 0. The van der Waals surface area contributed by atoms with E-state index in [4.69, 9.17) is 0 Å². The molecule has 0 radical (unpaired) electrons. The number of pyridine rings is 1. The van der Waals surface area contributed by atoms with Gasteiger partial charge in [0.1, 0.15) is 17.1 Å². The minimum absolute atomic E-state index is 0.0861. The van der Waals surface area contributed by atoms with Gasteiger partial charge in [0.2, 0.25) is 0 Å². The smallest absolute Gasteiger partial charge is 0.339 e. The number of aromatic carboxylic acids is 1. The van der Waals surface area contributed by atoms with E-state index in [1.807, 2.05) is 0 Å². The second-order valence-corrected chi connectivity index (χ2v) is 6.03. The van der Waals surface area contributed by atoms with Crippen molar-refractivity contribution in [1.82, 2.24) is 4.98 Å². The van der Waals surface area contributed by atoms with Crippen LogP contribution in [-0.2, 0) is 0 Å². The van der Waals surface area contributed by atoms with Crippen molar-refractivity contribution in [3.8, 4) is 0 Å². The van der Waals surface area contributed by atoms with Crippen LogP contribution in [0.3, 0.4) is 0 Å². The van der Waals surface area contributed by atoms with Crippen molar-refractivity contribution < 1.29 is 18.7 Å².